The van der Waals surface area contributed by atoms with Gasteiger partial charge in [0.1, 0.15) is 0 Å². The maximum Gasteiger partial charge on any atom is 0.331 e. The topological polar surface area (TPSA) is 82.7 Å². The summed E-state index contributed by atoms with van der Waals surface area (Å²) < 4.78 is 3.26. The average Bonchev–Trinajstić information content (AvgIpc) is 3.36. The number of benzene rings is 1. The monoisotopic (exact) mass is 441 g/mol. The summed E-state index contributed by atoms with van der Waals surface area (Å²) in [5.74, 6) is 0.170. The van der Waals surface area contributed by atoms with Crippen LogP contribution in [0.5, 0.6) is 5.88 Å². The minimum atomic E-state index is -0.0598. The predicted molar refractivity (Wildman–Crippen MR) is 126 cm³/mol. The van der Waals surface area contributed by atoms with Crippen LogP contribution in [0, 0.1) is 5.92 Å². The quantitative estimate of drug-likeness (QED) is 0.615. The first-order chi connectivity index (χ1) is 15.4. The zero-order chi connectivity index (χ0) is 22.7. The smallest absolute Gasteiger partial charge is 0.331 e. The molecule has 1 aromatic heterocycles. The normalized spacial score (nSPS) is 16.5. The molecular formula is C24H35N5O3. The molecule has 32 heavy (non-hydrogen) atoms. The summed E-state index contributed by atoms with van der Waals surface area (Å²) in [5.41, 5.74) is 2.73. The van der Waals surface area contributed by atoms with Crippen molar-refractivity contribution in [1.29, 1.82) is 0 Å². The Hall–Kier alpha value is -2.74. The summed E-state index contributed by atoms with van der Waals surface area (Å²) >= 11 is 0. The van der Waals surface area contributed by atoms with Gasteiger partial charge >= 0.3 is 5.69 Å². The zero-order valence-electron chi connectivity index (χ0n) is 19.2. The number of fused-ring (bicyclic) bond motifs is 1. The van der Waals surface area contributed by atoms with Crippen molar-refractivity contribution in [3.63, 3.8) is 0 Å². The molecule has 0 atom stereocenters. The Labute approximate surface area is 189 Å². The fourth-order valence-electron chi connectivity index (χ4n) is 4.61. The van der Waals surface area contributed by atoms with Crippen molar-refractivity contribution >= 4 is 17.3 Å². The standard InChI is InChI=1S/C24H35N5O3/c1-18(2)22(30)25-19-7-5-8-20(17-19)27-15-13-26(14-16-27)10-3-4-11-29-23(31)21-9-6-12-28(21)24(29)32/h5,7-8,17-18,31H,3-4,6,9-16H2,1-2H3,(H,25,30). The highest BCUT2D eigenvalue weighted by Crippen LogP contribution is 2.24. The van der Waals surface area contributed by atoms with E-state index in [9.17, 15) is 14.7 Å². The number of amides is 1. The molecule has 1 fully saturated rings. The number of nitrogens with one attached hydrogen (secondary N) is 1. The van der Waals surface area contributed by atoms with Gasteiger partial charge in [0, 0.05) is 56.6 Å². The molecule has 0 bridgehead atoms. The first-order valence-electron chi connectivity index (χ1n) is 11.8. The fraction of sp³-hybridized carbons (Fsp3) is 0.583. The molecule has 2 aliphatic heterocycles. The molecule has 2 aromatic rings. The van der Waals surface area contributed by atoms with Gasteiger partial charge in [0.25, 0.3) is 0 Å². The van der Waals surface area contributed by atoms with Crippen LogP contribution in [-0.4, -0.2) is 57.8 Å². The summed E-state index contributed by atoms with van der Waals surface area (Å²) in [4.78, 5) is 29.2. The number of imidazole rings is 1. The average molecular weight is 442 g/mol. The van der Waals surface area contributed by atoms with Gasteiger partial charge in [-0.05, 0) is 50.4 Å². The third-order valence-electron chi connectivity index (χ3n) is 6.58. The first kappa shape index (κ1) is 22.5. The van der Waals surface area contributed by atoms with Crippen LogP contribution in [0.3, 0.4) is 0 Å². The Morgan fingerprint density at radius 2 is 1.84 bits per heavy atom. The Bertz CT molecular complexity index is 1000. The molecule has 4 rings (SSSR count). The van der Waals surface area contributed by atoms with E-state index in [4.69, 9.17) is 0 Å². The first-order valence-corrected chi connectivity index (χ1v) is 11.8. The number of hydrogen-bond acceptors (Lipinski definition) is 5. The van der Waals surface area contributed by atoms with E-state index in [2.05, 4.69) is 27.2 Å². The van der Waals surface area contributed by atoms with Crippen LogP contribution in [0.1, 0.15) is 38.8 Å². The third-order valence-corrected chi connectivity index (χ3v) is 6.58. The molecule has 0 unspecified atom stereocenters. The Balaban J connectivity index is 1.21. The van der Waals surface area contributed by atoms with Gasteiger partial charge in [0.2, 0.25) is 11.8 Å². The van der Waals surface area contributed by atoms with E-state index in [1.165, 1.54) is 4.57 Å². The SMILES string of the molecule is CC(C)C(=O)Nc1cccc(N2CCN(CCCCn3c(O)c4n(c3=O)CCC4)CC2)c1. The van der Waals surface area contributed by atoms with E-state index in [1.807, 2.05) is 26.0 Å². The van der Waals surface area contributed by atoms with Crippen LogP contribution in [-0.2, 0) is 24.3 Å². The van der Waals surface area contributed by atoms with E-state index in [1.54, 1.807) is 4.57 Å². The fourth-order valence-corrected chi connectivity index (χ4v) is 4.61. The highest BCUT2D eigenvalue weighted by Gasteiger charge is 2.23. The third kappa shape index (κ3) is 4.85. The van der Waals surface area contributed by atoms with E-state index in [-0.39, 0.29) is 23.4 Å². The van der Waals surface area contributed by atoms with Crippen molar-refractivity contribution in [2.45, 2.75) is 52.6 Å². The molecule has 2 aliphatic rings. The second kappa shape index (κ2) is 9.81. The second-order valence-corrected chi connectivity index (χ2v) is 9.19. The number of carbonyl (C=O) groups excluding carboxylic acids is 1. The van der Waals surface area contributed by atoms with Crippen LogP contribution in [0.2, 0.25) is 0 Å². The molecule has 8 heteroatoms. The van der Waals surface area contributed by atoms with Crippen LogP contribution in [0.4, 0.5) is 11.4 Å². The highest BCUT2D eigenvalue weighted by atomic mass is 16.3. The molecule has 174 valence electrons. The lowest BCUT2D eigenvalue weighted by molar-refractivity contribution is -0.118. The summed E-state index contributed by atoms with van der Waals surface area (Å²) in [6, 6.07) is 8.07. The number of piperazine rings is 1. The van der Waals surface area contributed by atoms with Gasteiger partial charge in [-0.3, -0.25) is 18.8 Å². The van der Waals surface area contributed by atoms with Crippen molar-refractivity contribution in [2.24, 2.45) is 5.92 Å². The van der Waals surface area contributed by atoms with Crippen LogP contribution in [0.15, 0.2) is 29.1 Å². The van der Waals surface area contributed by atoms with Crippen LogP contribution < -0.4 is 15.9 Å². The lowest BCUT2D eigenvalue weighted by Gasteiger charge is -2.36. The molecular weight excluding hydrogens is 406 g/mol. The number of unbranched alkanes of at least 4 members (excludes halogenated alkanes) is 1. The van der Waals surface area contributed by atoms with Gasteiger partial charge < -0.3 is 15.3 Å². The Morgan fingerprint density at radius 1 is 1.09 bits per heavy atom. The number of aromatic hydroxyl groups is 1. The number of anilines is 2. The summed E-state index contributed by atoms with van der Waals surface area (Å²) in [7, 11) is 0. The van der Waals surface area contributed by atoms with Gasteiger partial charge in [-0.25, -0.2) is 4.79 Å². The summed E-state index contributed by atoms with van der Waals surface area (Å²) in [5, 5.41) is 13.3. The zero-order valence-corrected chi connectivity index (χ0v) is 19.2. The van der Waals surface area contributed by atoms with E-state index in [0.29, 0.717) is 6.54 Å². The number of carbonyl (C=O) groups is 1. The number of rotatable bonds is 8. The number of hydrogen-bond donors (Lipinski definition) is 2. The molecule has 1 amide bonds. The molecule has 1 aromatic carbocycles. The summed E-state index contributed by atoms with van der Waals surface area (Å²) in [6.45, 7) is 9.99. The molecule has 0 spiro atoms. The van der Waals surface area contributed by atoms with E-state index >= 15 is 0 Å². The van der Waals surface area contributed by atoms with Gasteiger partial charge in [-0.15, -0.1) is 0 Å². The minimum absolute atomic E-state index is 0.0347. The van der Waals surface area contributed by atoms with Gasteiger partial charge in [-0.2, -0.15) is 0 Å². The van der Waals surface area contributed by atoms with Gasteiger partial charge in [0.05, 0.1) is 5.69 Å². The molecule has 1 saturated heterocycles. The lowest BCUT2D eigenvalue weighted by atomic mass is 10.2. The Kier molecular flexibility index (Phi) is 6.89. The molecule has 0 saturated carbocycles. The van der Waals surface area contributed by atoms with E-state index in [0.717, 1.165) is 82.0 Å². The van der Waals surface area contributed by atoms with Crippen molar-refractivity contribution in [1.82, 2.24) is 14.0 Å². The van der Waals surface area contributed by atoms with Gasteiger partial charge in [-0.1, -0.05) is 19.9 Å². The minimum Gasteiger partial charge on any atom is -0.493 e. The molecule has 2 N–H and O–H groups in total. The van der Waals surface area contributed by atoms with Gasteiger partial charge in [0.15, 0.2) is 0 Å². The van der Waals surface area contributed by atoms with Crippen LogP contribution in [0.25, 0.3) is 0 Å². The van der Waals surface area contributed by atoms with Crippen molar-refractivity contribution in [3.8, 4) is 5.88 Å². The van der Waals surface area contributed by atoms with E-state index < -0.39 is 0 Å². The van der Waals surface area contributed by atoms with Crippen LogP contribution >= 0.6 is 0 Å². The largest absolute Gasteiger partial charge is 0.493 e. The predicted octanol–water partition coefficient (Wildman–Crippen LogP) is 2.50. The van der Waals surface area contributed by atoms with Crippen molar-refractivity contribution in [3.05, 3.63) is 40.4 Å². The highest BCUT2D eigenvalue weighted by molar-refractivity contribution is 5.92. The van der Waals surface area contributed by atoms with Crippen molar-refractivity contribution < 1.29 is 9.90 Å². The molecule has 0 aliphatic carbocycles. The Morgan fingerprint density at radius 3 is 2.56 bits per heavy atom. The second-order valence-electron chi connectivity index (χ2n) is 9.19. The number of aromatic nitrogens is 2. The van der Waals surface area contributed by atoms with Crippen molar-refractivity contribution in [2.75, 3.05) is 42.9 Å². The molecule has 0 radical (unpaired) electrons. The summed E-state index contributed by atoms with van der Waals surface area (Å²) in [6.07, 6.45) is 3.63. The maximum atomic E-state index is 12.4. The molecule has 3 heterocycles. The molecule has 8 nitrogen and oxygen atoms in total. The maximum absolute atomic E-state index is 12.4. The number of nitrogens with zero attached hydrogens (tertiary/aromatic N) is 4. The lowest BCUT2D eigenvalue weighted by Crippen LogP contribution is -2.46.